The van der Waals surface area contributed by atoms with E-state index in [1.807, 2.05) is 13.0 Å². The normalized spacial score (nSPS) is 25.2. The fourth-order valence-electron chi connectivity index (χ4n) is 2.55. The molecule has 1 aromatic carbocycles. The van der Waals surface area contributed by atoms with E-state index in [4.69, 9.17) is 4.74 Å². The van der Waals surface area contributed by atoms with Crippen LogP contribution >= 0.6 is 0 Å². The molecule has 1 saturated heterocycles. The molecule has 21 heavy (non-hydrogen) atoms. The van der Waals surface area contributed by atoms with Crippen molar-refractivity contribution in [2.75, 3.05) is 18.1 Å². The highest BCUT2D eigenvalue weighted by Gasteiger charge is 2.48. The highest BCUT2D eigenvalue weighted by Crippen LogP contribution is 2.43. The lowest BCUT2D eigenvalue weighted by molar-refractivity contribution is 0.0790. The van der Waals surface area contributed by atoms with Gasteiger partial charge < -0.3 is 9.84 Å². The Morgan fingerprint density at radius 1 is 1.52 bits per heavy atom. The largest absolute Gasteiger partial charge is 0.494 e. The SMILES string of the molecule is CCCOc1cccc(C(O)C2(C#N)CCS(=O)(=O)C2)c1. The van der Waals surface area contributed by atoms with Crippen LogP contribution in [-0.4, -0.2) is 31.6 Å². The predicted molar refractivity (Wildman–Crippen MR) is 78.5 cm³/mol. The molecule has 2 atom stereocenters. The number of nitrogens with zero attached hydrogens (tertiary/aromatic N) is 1. The second-order valence-electron chi connectivity index (χ2n) is 5.43. The van der Waals surface area contributed by atoms with Gasteiger partial charge in [-0.2, -0.15) is 5.26 Å². The molecule has 2 unspecified atom stereocenters. The molecular formula is C15H19NO4S. The molecule has 0 aromatic heterocycles. The van der Waals surface area contributed by atoms with Crippen molar-refractivity contribution in [1.82, 2.24) is 0 Å². The zero-order valence-corrected chi connectivity index (χ0v) is 12.8. The lowest BCUT2D eigenvalue weighted by atomic mass is 9.80. The van der Waals surface area contributed by atoms with Crippen molar-refractivity contribution in [2.45, 2.75) is 25.9 Å². The van der Waals surface area contributed by atoms with Crippen molar-refractivity contribution in [3.63, 3.8) is 0 Å². The van der Waals surface area contributed by atoms with Gasteiger partial charge in [-0.1, -0.05) is 19.1 Å². The fraction of sp³-hybridized carbons (Fsp3) is 0.533. The molecule has 0 aliphatic carbocycles. The number of sulfone groups is 1. The number of rotatable bonds is 5. The minimum atomic E-state index is -3.26. The molecule has 1 aliphatic rings. The van der Waals surface area contributed by atoms with Gasteiger partial charge >= 0.3 is 0 Å². The number of aliphatic hydroxyl groups is 1. The van der Waals surface area contributed by atoms with Crippen LogP contribution in [-0.2, 0) is 9.84 Å². The summed E-state index contributed by atoms with van der Waals surface area (Å²) in [6, 6.07) is 8.89. The standard InChI is InChI=1S/C15H19NO4S/c1-2-7-20-13-5-3-4-12(9-13)14(17)15(10-16)6-8-21(18,19)11-15/h3-5,9,14,17H,2,6-8,11H2,1H3. The minimum Gasteiger partial charge on any atom is -0.494 e. The monoisotopic (exact) mass is 309 g/mol. The van der Waals surface area contributed by atoms with Gasteiger partial charge in [0.2, 0.25) is 0 Å². The van der Waals surface area contributed by atoms with Gasteiger partial charge in [-0.15, -0.1) is 0 Å². The van der Waals surface area contributed by atoms with E-state index in [-0.39, 0.29) is 17.9 Å². The van der Waals surface area contributed by atoms with Crippen molar-refractivity contribution in [2.24, 2.45) is 5.41 Å². The van der Waals surface area contributed by atoms with Crippen LogP contribution in [0.15, 0.2) is 24.3 Å². The average molecular weight is 309 g/mol. The Kier molecular flexibility index (Phi) is 4.55. The first kappa shape index (κ1) is 15.8. The topological polar surface area (TPSA) is 87.4 Å². The molecule has 114 valence electrons. The molecule has 1 N–H and O–H groups in total. The molecule has 1 aliphatic heterocycles. The van der Waals surface area contributed by atoms with Gasteiger partial charge in [0.05, 0.1) is 30.3 Å². The van der Waals surface area contributed by atoms with Crippen LogP contribution in [0.25, 0.3) is 0 Å². The number of hydrogen-bond acceptors (Lipinski definition) is 5. The van der Waals surface area contributed by atoms with Crippen LogP contribution in [0.1, 0.15) is 31.4 Å². The molecule has 6 heteroatoms. The summed E-state index contributed by atoms with van der Waals surface area (Å²) in [5.41, 5.74) is -0.746. The van der Waals surface area contributed by atoms with Crippen LogP contribution in [0.3, 0.4) is 0 Å². The summed E-state index contributed by atoms with van der Waals surface area (Å²) in [5, 5.41) is 19.9. The number of benzene rings is 1. The maximum absolute atomic E-state index is 11.7. The maximum atomic E-state index is 11.7. The summed E-state index contributed by atoms with van der Waals surface area (Å²) in [4.78, 5) is 0. The quantitative estimate of drug-likeness (QED) is 0.896. The molecule has 5 nitrogen and oxygen atoms in total. The summed E-state index contributed by atoms with van der Waals surface area (Å²) >= 11 is 0. The molecule has 0 spiro atoms. The zero-order chi connectivity index (χ0) is 15.5. The number of hydrogen-bond donors (Lipinski definition) is 1. The van der Waals surface area contributed by atoms with E-state index in [1.54, 1.807) is 24.3 Å². The van der Waals surface area contributed by atoms with Crippen molar-refractivity contribution in [1.29, 1.82) is 5.26 Å². The first-order valence-corrected chi connectivity index (χ1v) is 8.77. The van der Waals surface area contributed by atoms with Crippen LogP contribution in [0, 0.1) is 16.7 Å². The second-order valence-corrected chi connectivity index (χ2v) is 7.62. The minimum absolute atomic E-state index is 0.0519. The fourth-order valence-corrected chi connectivity index (χ4v) is 4.52. The lowest BCUT2D eigenvalue weighted by Crippen LogP contribution is -2.28. The van der Waals surface area contributed by atoms with E-state index in [0.717, 1.165) is 6.42 Å². The van der Waals surface area contributed by atoms with Crippen LogP contribution in [0.5, 0.6) is 5.75 Å². The van der Waals surface area contributed by atoms with Crippen molar-refractivity contribution >= 4 is 9.84 Å². The number of nitriles is 1. The Balaban J connectivity index is 2.27. The van der Waals surface area contributed by atoms with Crippen LogP contribution in [0.4, 0.5) is 0 Å². The molecule has 1 fully saturated rings. The third-order valence-corrected chi connectivity index (χ3v) is 5.51. The summed E-state index contributed by atoms with van der Waals surface area (Å²) < 4.78 is 28.8. The summed E-state index contributed by atoms with van der Waals surface area (Å²) in [6.45, 7) is 2.56. The van der Waals surface area contributed by atoms with E-state index in [9.17, 15) is 18.8 Å². The number of aliphatic hydroxyl groups excluding tert-OH is 1. The molecular weight excluding hydrogens is 290 g/mol. The highest BCUT2D eigenvalue weighted by atomic mass is 32.2. The molecule has 1 heterocycles. The zero-order valence-electron chi connectivity index (χ0n) is 11.9. The molecule has 0 saturated carbocycles. The van der Waals surface area contributed by atoms with Gasteiger partial charge in [0.15, 0.2) is 9.84 Å². The van der Waals surface area contributed by atoms with Gasteiger partial charge in [0.25, 0.3) is 0 Å². The Morgan fingerprint density at radius 2 is 2.29 bits per heavy atom. The third-order valence-electron chi connectivity index (χ3n) is 3.73. The van der Waals surface area contributed by atoms with E-state index in [0.29, 0.717) is 17.9 Å². The van der Waals surface area contributed by atoms with Crippen molar-refractivity contribution in [3.05, 3.63) is 29.8 Å². The molecule has 0 amide bonds. The number of ether oxygens (including phenoxy) is 1. The molecule has 1 aromatic rings. The Bertz CT molecular complexity index is 650. The highest BCUT2D eigenvalue weighted by molar-refractivity contribution is 7.91. The average Bonchev–Trinajstić information content (AvgIpc) is 2.81. The van der Waals surface area contributed by atoms with Crippen LogP contribution < -0.4 is 4.74 Å². The molecule has 2 rings (SSSR count). The van der Waals surface area contributed by atoms with Gasteiger partial charge in [-0.3, -0.25) is 0 Å². The molecule has 0 radical (unpaired) electrons. The Hall–Kier alpha value is -1.58. The van der Waals surface area contributed by atoms with E-state index in [2.05, 4.69) is 0 Å². The summed E-state index contributed by atoms with van der Waals surface area (Å²) in [7, 11) is -3.26. The predicted octanol–water partition coefficient (Wildman–Crippen LogP) is 1.84. The van der Waals surface area contributed by atoms with E-state index >= 15 is 0 Å². The van der Waals surface area contributed by atoms with Crippen LogP contribution in [0.2, 0.25) is 0 Å². The van der Waals surface area contributed by atoms with Gasteiger partial charge in [-0.05, 0) is 30.5 Å². The Labute approximate surface area is 125 Å². The molecule has 0 bridgehead atoms. The first-order chi connectivity index (χ1) is 9.92. The van der Waals surface area contributed by atoms with Crippen molar-refractivity contribution in [3.8, 4) is 11.8 Å². The van der Waals surface area contributed by atoms with Gasteiger partial charge in [0, 0.05) is 0 Å². The Morgan fingerprint density at radius 3 is 2.86 bits per heavy atom. The first-order valence-electron chi connectivity index (χ1n) is 6.95. The van der Waals surface area contributed by atoms with Gasteiger partial charge in [0.1, 0.15) is 11.2 Å². The third kappa shape index (κ3) is 3.36. The van der Waals surface area contributed by atoms with E-state index in [1.165, 1.54) is 0 Å². The van der Waals surface area contributed by atoms with Gasteiger partial charge in [-0.25, -0.2) is 8.42 Å². The smallest absolute Gasteiger partial charge is 0.152 e. The summed E-state index contributed by atoms with van der Waals surface area (Å²) in [5.74, 6) is 0.267. The summed E-state index contributed by atoms with van der Waals surface area (Å²) in [6.07, 6.45) is -0.106. The lowest BCUT2D eigenvalue weighted by Gasteiger charge is -2.26. The second kappa shape index (κ2) is 6.04. The van der Waals surface area contributed by atoms with E-state index < -0.39 is 21.4 Å². The van der Waals surface area contributed by atoms with Crippen molar-refractivity contribution < 1.29 is 18.3 Å². The maximum Gasteiger partial charge on any atom is 0.152 e.